The van der Waals surface area contributed by atoms with E-state index in [9.17, 15) is 18.7 Å². The van der Waals surface area contributed by atoms with E-state index in [0.29, 0.717) is 34.1 Å². The number of carboxylic acids is 1. The lowest BCUT2D eigenvalue weighted by Gasteiger charge is -2.27. The quantitative estimate of drug-likeness (QED) is 0.435. The molecule has 1 heterocycles. The molecule has 0 spiro atoms. The van der Waals surface area contributed by atoms with Crippen molar-refractivity contribution in [1.29, 1.82) is 0 Å². The van der Waals surface area contributed by atoms with E-state index in [1.54, 1.807) is 18.2 Å². The number of hydrogen-bond donors (Lipinski definition) is 1. The van der Waals surface area contributed by atoms with Crippen LogP contribution in [0.5, 0.6) is 0 Å². The van der Waals surface area contributed by atoms with Crippen LogP contribution >= 0.6 is 0 Å². The first-order chi connectivity index (χ1) is 14.4. The fraction of sp³-hybridized carbons (Fsp3) is 0.120. The first kappa shape index (κ1) is 18.4. The highest BCUT2D eigenvalue weighted by molar-refractivity contribution is 6.06. The number of carboxylic acid groups (broad SMARTS) is 1. The zero-order valence-electron chi connectivity index (χ0n) is 16.1. The summed E-state index contributed by atoms with van der Waals surface area (Å²) in [7, 11) is 0. The average molecular weight is 401 g/mol. The fourth-order valence-corrected chi connectivity index (χ4v) is 4.45. The number of benzene rings is 3. The number of rotatable bonds is 2. The van der Waals surface area contributed by atoms with Gasteiger partial charge in [-0.05, 0) is 53.3 Å². The summed E-state index contributed by atoms with van der Waals surface area (Å²) in [5.41, 5.74) is 4.86. The molecule has 1 aliphatic rings. The summed E-state index contributed by atoms with van der Waals surface area (Å²) in [5.74, 6) is -2.01. The molecule has 4 aromatic rings. The van der Waals surface area contributed by atoms with Crippen LogP contribution in [-0.4, -0.2) is 16.1 Å². The molecule has 1 aromatic heterocycles. The number of halogens is 2. The van der Waals surface area contributed by atoms with Crippen molar-refractivity contribution >= 4 is 16.9 Å². The number of aromatic carboxylic acids is 1. The first-order valence-corrected chi connectivity index (χ1v) is 9.68. The lowest BCUT2D eigenvalue weighted by molar-refractivity contribution is 0.0697. The lowest BCUT2D eigenvalue weighted by Crippen LogP contribution is -2.16. The second-order valence-electron chi connectivity index (χ2n) is 7.67. The average Bonchev–Trinajstić information content (AvgIpc) is 2.72. The van der Waals surface area contributed by atoms with E-state index in [-0.39, 0.29) is 17.3 Å². The highest BCUT2D eigenvalue weighted by atomic mass is 19.1. The number of carbonyl (C=O) groups is 1. The topological polar surface area (TPSA) is 50.2 Å². The van der Waals surface area contributed by atoms with Gasteiger partial charge in [0.1, 0.15) is 11.6 Å². The molecule has 3 nitrogen and oxygen atoms in total. The molecule has 0 bridgehead atoms. The van der Waals surface area contributed by atoms with Crippen molar-refractivity contribution in [3.05, 3.63) is 89.0 Å². The van der Waals surface area contributed by atoms with Gasteiger partial charge in [-0.2, -0.15) is 0 Å². The zero-order valence-corrected chi connectivity index (χ0v) is 16.1. The number of hydrogen-bond acceptors (Lipinski definition) is 2. The zero-order chi connectivity index (χ0) is 21.0. The van der Waals surface area contributed by atoms with Crippen molar-refractivity contribution in [2.45, 2.75) is 19.3 Å². The van der Waals surface area contributed by atoms with Crippen LogP contribution in [0.2, 0.25) is 0 Å². The highest BCUT2D eigenvalue weighted by Gasteiger charge is 2.30. The number of fused-ring (bicyclic) bond motifs is 4. The molecule has 1 atom stereocenters. The van der Waals surface area contributed by atoms with Crippen molar-refractivity contribution in [2.24, 2.45) is 0 Å². The largest absolute Gasteiger partial charge is 0.478 e. The summed E-state index contributed by atoms with van der Waals surface area (Å²) in [6.45, 7) is 1.94. The Morgan fingerprint density at radius 1 is 1.03 bits per heavy atom. The SMILES string of the molecule is CC1Cc2cc(-c3ccccc3F)ccc2-c2nc3ccc(F)cc3c(C(=O)O)c21. The van der Waals surface area contributed by atoms with Crippen LogP contribution in [0.25, 0.3) is 33.3 Å². The molecule has 3 aromatic carbocycles. The summed E-state index contributed by atoms with van der Waals surface area (Å²) in [5, 5.41) is 10.2. The van der Waals surface area contributed by atoms with Gasteiger partial charge in [0, 0.05) is 16.5 Å². The van der Waals surface area contributed by atoms with Crippen molar-refractivity contribution in [3.8, 4) is 22.4 Å². The molecule has 0 saturated carbocycles. The number of nitrogens with zero attached hydrogens (tertiary/aromatic N) is 1. The van der Waals surface area contributed by atoms with E-state index in [1.807, 2.05) is 25.1 Å². The van der Waals surface area contributed by atoms with E-state index in [0.717, 1.165) is 16.7 Å². The second-order valence-corrected chi connectivity index (χ2v) is 7.67. The van der Waals surface area contributed by atoms with Crippen LogP contribution in [0.4, 0.5) is 8.78 Å². The van der Waals surface area contributed by atoms with Gasteiger partial charge >= 0.3 is 5.97 Å². The maximum atomic E-state index is 14.3. The third-order valence-electron chi connectivity index (χ3n) is 5.76. The van der Waals surface area contributed by atoms with Crippen LogP contribution in [-0.2, 0) is 6.42 Å². The van der Waals surface area contributed by atoms with Gasteiger partial charge in [0.25, 0.3) is 0 Å². The molecule has 5 rings (SSSR count). The van der Waals surface area contributed by atoms with Crippen molar-refractivity contribution in [2.75, 3.05) is 0 Å². The third-order valence-corrected chi connectivity index (χ3v) is 5.76. The molecule has 0 amide bonds. The van der Waals surface area contributed by atoms with E-state index < -0.39 is 11.8 Å². The smallest absolute Gasteiger partial charge is 0.336 e. The molecule has 1 unspecified atom stereocenters. The maximum Gasteiger partial charge on any atom is 0.336 e. The van der Waals surface area contributed by atoms with Crippen LogP contribution in [0.3, 0.4) is 0 Å². The Bertz CT molecular complexity index is 1350. The fourth-order valence-electron chi connectivity index (χ4n) is 4.45. The van der Waals surface area contributed by atoms with Gasteiger partial charge in [0.05, 0.1) is 16.8 Å². The Morgan fingerprint density at radius 3 is 2.60 bits per heavy atom. The van der Waals surface area contributed by atoms with E-state index >= 15 is 0 Å². The van der Waals surface area contributed by atoms with E-state index in [2.05, 4.69) is 0 Å². The molecule has 1 aliphatic carbocycles. The monoisotopic (exact) mass is 401 g/mol. The highest BCUT2D eigenvalue weighted by Crippen LogP contribution is 2.43. The molecule has 0 radical (unpaired) electrons. The van der Waals surface area contributed by atoms with Crippen LogP contribution in [0, 0.1) is 11.6 Å². The summed E-state index contributed by atoms with van der Waals surface area (Å²) in [6.07, 6.45) is 0.591. The molecule has 30 heavy (non-hydrogen) atoms. The Labute approximate surface area is 171 Å². The summed E-state index contributed by atoms with van der Waals surface area (Å²) in [6, 6.07) is 16.3. The van der Waals surface area contributed by atoms with Gasteiger partial charge < -0.3 is 5.11 Å². The summed E-state index contributed by atoms with van der Waals surface area (Å²) >= 11 is 0. The van der Waals surface area contributed by atoms with Gasteiger partial charge in [-0.15, -0.1) is 0 Å². The summed E-state index contributed by atoms with van der Waals surface area (Å²) in [4.78, 5) is 16.8. The normalized spacial score (nSPS) is 15.0. The first-order valence-electron chi connectivity index (χ1n) is 9.68. The minimum atomic E-state index is -1.09. The summed E-state index contributed by atoms with van der Waals surface area (Å²) < 4.78 is 28.1. The van der Waals surface area contributed by atoms with Crippen LogP contribution in [0.1, 0.15) is 34.3 Å². The molecular formula is C25H17F2NO2. The Hall–Kier alpha value is -3.60. The Morgan fingerprint density at radius 2 is 1.83 bits per heavy atom. The van der Waals surface area contributed by atoms with Gasteiger partial charge in [-0.25, -0.2) is 18.6 Å². The Balaban J connectivity index is 1.78. The van der Waals surface area contributed by atoms with Crippen LogP contribution in [0.15, 0.2) is 60.7 Å². The third kappa shape index (κ3) is 2.77. The van der Waals surface area contributed by atoms with E-state index in [4.69, 9.17) is 4.98 Å². The molecule has 0 aliphatic heterocycles. The minimum absolute atomic E-state index is 0.103. The predicted molar refractivity (Wildman–Crippen MR) is 112 cm³/mol. The van der Waals surface area contributed by atoms with E-state index in [1.165, 1.54) is 24.3 Å². The van der Waals surface area contributed by atoms with Gasteiger partial charge in [-0.1, -0.05) is 43.3 Å². The second kappa shape index (κ2) is 6.73. The molecular weight excluding hydrogens is 384 g/mol. The van der Waals surface area contributed by atoms with Gasteiger partial charge in [0.2, 0.25) is 0 Å². The lowest BCUT2D eigenvalue weighted by atomic mass is 9.78. The predicted octanol–water partition coefficient (Wildman–Crippen LogP) is 6.20. The van der Waals surface area contributed by atoms with Crippen molar-refractivity contribution < 1.29 is 18.7 Å². The maximum absolute atomic E-state index is 14.3. The minimum Gasteiger partial charge on any atom is -0.478 e. The van der Waals surface area contributed by atoms with Crippen molar-refractivity contribution in [3.63, 3.8) is 0 Å². The number of pyridine rings is 1. The molecule has 5 heteroatoms. The molecule has 1 N–H and O–H groups in total. The van der Waals surface area contributed by atoms with Gasteiger partial charge in [-0.3, -0.25) is 0 Å². The molecule has 148 valence electrons. The standard InChI is InChI=1S/C25H17F2NO2/c1-13-10-15-11-14(17-4-2-3-5-20(17)27)6-8-18(15)24-22(13)23(25(29)30)19-12-16(26)7-9-21(19)28-24/h2-9,11-13H,10H2,1H3,(H,29,30). The molecule has 0 fully saturated rings. The van der Waals surface area contributed by atoms with Gasteiger partial charge in [0.15, 0.2) is 0 Å². The Kier molecular flexibility index (Phi) is 4.13. The molecule has 0 saturated heterocycles. The van der Waals surface area contributed by atoms with Crippen LogP contribution < -0.4 is 0 Å². The number of aromatic nitrogens is 1. The van der Waals surface area contributed by atoms with Crippen molar-refractivity contribution in [1.82, 2.24) is 4.98 Å².